The third-order valence-electron chi connectivity index (χ3n) is 5.33. The predicted molar refractivity (Wildman–Crippen MR) is 86.5 cm³/mol. The molecule has 4 heteroatoms. The quantitative estimate of drug-likeness (QED) is 0.706. The third-order valence-corrected chi connectivity index (χ3v) is 5.33. The summed E-state index contributed by atoms with van der Waals surface area (Å²) < 4.78 is 5.58. The lowest BCUT2D eigenvalue weighted by Gasteiger charge is -2.44. The summed E-state index contributed by atoms with van der Waals surface area (Å²) in [5, 5.41) is 13.9. The van der Waals surface area contributed by atoms with Gasteiger partial charge in [-0.25, -0.2) is 0 Å². The van der Waals surface area contributed by atoms with Gasteiger partial charge in [0.2, 0.25) is 0 Å². The van der Waals surface area contributed by atoms with E-state index in [1.807, 2.05) is 0 Å². The van der Waals surface area contributed by atoms with Gasteiger partial charge in [-0.3, -0.25) is 0 Å². The number of nitrogens with zero attached hydrogens (tertiary/aromatic N) is 1. The maximum atomic E-state index is 10.3. The van der Waals surface area contributed by atoms with Gasteiger partial charge in [-0.05, 0) is 51.1 Å². The van der Waals surface area contributed by atoms with Crippen molar-refractivity contribution >= 4 is 0 Å². The van der Waals surface area contributed by atoms with E-state index in [1.165, 1.54) is 19.3 Å². The first-order valence-corrected chi connectivity index (χ1v) is 8.84. The van der Waals surface area contributed by atoms with E-state index in [0.29, 0.717) is 11.5 Å². The van der Waals surface area contributed by atoms with Crippen LogP contribution in [0.2, 0.25) is 0 Å². The van der Waals surface area contributed by atoms with Crippen molar-refractivity contribution in [1.29, 1.82) is 0 Å². The molecule has 2 N–H and O–H groups in total. The molecule has 2 unspecified atom stereocenters. The fourth-order valence-electron chi connectivity index (χ4n) is 3.98. The SMILES string of the molecule is CCCNCC1(CN(C)C2CCCCC2O)CCOCC1. The van der Waals surface area contributed by atoms with Crippen LogP contribution < -0.4 is 5.32 Å². The summed E-state index contributed by atoms with van der Waals surface area (Å²) in [6, 6.07) is 0.352. The van der Waals surface area contributed by atoms with E-state index in [1.54, 1.807) is 0 Å². The predicted octanol–water partition coefficient (Wildman–Crippen LogP) is 2.02. The van der Waals surface area contributed by atoms with E-state index in [0.717, 1.165) is 58.5 Å². The first-order valence-electron chi connectivity index (χ1n) is 8.84. The van der Waals surface area contributed by atoms with Crippen LogP contribution in [0.1, 0.15) is 51.9 Å². The van der Waals surface area contributed by atoms with Crippen molar-refractivity contribution in [2.75, 3.05) is 39.9 Å². The molecule has 2 rings (SSSR count). The highest BCUT2D eigenvalue weighted by Crippen LogP contribution is 2.33. The Morgan fingerprint density at radius 1 is 1.24 bits per heavy atom. The molecule has 2 fully saturated rings. The summed E-state index contributed by atoms with van der Waals surface area (Å²) in [5.41, 5.74) is 0.319. The summed E-state index contributed by atoms with van der Waals surface area (Å²) in [4.78, 5) is 2.43. The molecule has 124 valence electrons. The van der Waals surface area contributed by atoms with Gasteiger partial charge in [0.25, 0.3) is 0 Å². The Bertz CT molecular complexity index is 293. The van der Waals surface area contributed by atoms with E-state index >= 15 is 0 Å². The van der Waals surface area contributed by atoms with Gasteiger partial charge < -0.3 is 20.1 Å². The zero-order valence-electron chi connectivity index (χ0n) is 13.9. The third kappa shape index (κ3) is 4.92. The van der Waals surface area contributed by atoms with Crippen LogP contribution in [-0.2, 0) is 4.74 Å². The zero-order valence-corrected chi connectivity index (χ0v) is 13.9. The lowest BCUT2D eigenvalue weighted by atomic mass is 9.78. The Morgan fingerprint density at radius 2 is 1.95 bits per heavy atom. The molecule has 0 aromatic carbocycles. The van der Waals surface area contributed by atoms with Crippen LogP contribution in [0, 0.1) is 5.41 Å². The number of rotatable bonds is 7. The Hall–Kier alpha value is -0.160. The Kier molecular flexibility index (Phi) is 6.93. The first kappa shape index (κ1) is 17.2. The van der Waals surface area contributed by atoms with Gasteiger partial charge in [0.15, 0.2) is 0 Å². The topological polar surface area (TPSA) is 44.7 Å². The summed E-state index contributed by atoms with van der Waals surface area (Å²) in [7, 11) is 2.20. The largest absolute Gasteiger partial charge is 0.391 e. The number of likely N-dealkylation sites (N-methyl/N-ethyl adjacent to an activating group) is 1. The average Bonchev–Trinajstić information content (AvgIpc) is 2.49. The molecule has 4 nitrogen and oxygen atoms in total. The van der Waals surface area contributed by atoms with Crippen molar-refractivity contribution < 1.29 is 9.84 Å². The van der Waals surface area contributed by atoms with E-state index in [2.05, 4.69) is 24.2 Å². The highest BCUT2D eigenvalue weighted by Gasteiger charge is 2.36. The van der Waals surface area contributed by atoms with Gasteiger partial charge in [-0.2, -0.15) is 0 Å². The van der Waals surface area contributed by atoms with E-state index in [9.17, 15) is 5.11 Å². The molecule has 0 radical (unpaired) electrons. The van der Waals surface area contributed by atoms with Gasteiger partial charge in [0.1, 0.15) is 0 Å². The van der Waals surface area contributed by atoms with Crippen LogP contribution in [0.3, 0.4) is 0 Å². The molecule has 2 atom stereocenters. The molecule has 1 aliphatic heterocycles. The van der Waals surface area contributed by atoms with E-state index in [-0.39, 0.29) is 6.10 Å². The lowest BCUT2D eigenvalue weighted by molar-refractivity contribution is -0.0296. The number of aliphatic hydroxyl groups excluding tert-OH is 1. The van der Waals surface area contributed by atoms with Crippen molar-refractivity contribution in [2.24, 2.45) is 5.41 Å². The molecule has 0 bridgehead atoms. The molecule has 0 aromatic rings. The minimum atomic E-state index is -0.135. The van der Waals surface area contributed by atoms with Gasteiger partial charge in [-0.15, -0.1) is 0 Å². The van der Waals surface area contributed by atoms with Crippen molar-refractivity contribution in [2.45, 2.75) is 64.0 Å². The highest BCUT2D eigenvalue weighted by atomic mass is 16.5. The Balaban J connectivity index is 1.93. The second-order valence-electron chi connectivity index (χ2n) is 7.12. The lowest BCUT2D eigenvalue weighted by Crippen LogP contribution is -2.52. The fraction of sp³-hybridized carbons (Fsp3) is 1.00. The molecule has 1 saturated carbocycles. The monoisotopic (exact) mass is 298 g/mol. The molecule has 1 saturated heterocycles. The van der Waals surface area contributed by atoms with Crippen LogP contribution in [0.5, 0.6) is 0 Å². The standard InChI is InChI=1S/C17H34N2O2/c1-3-10-18-13-17(8-11-21-12-9-17)14-19(2)15-6-4-5-7-16(15)20/h15-16,18,20H,3-14H2,1-2H3. The Labute approximate surface area is 130 Å². The molecular weight excluding hydrogens is 264 g/mol. The van der Waals surface area contributed by atoms with Crippen LogP contribution in [-0.4, -0.2) is 62.0 Å². The second-order valence-corrected chi connectivity index (χ2v) is 7.12. The fourth-order valence-corrected chi connectivity index (χ4v) is 3.98. The molecular formula is C17H34N2O2. The first-order chi connectivity index (χ1) is 10.2. The molecule has 1 heterocycles. The smallest absolute Gasteiger partial charge is 0.0695 e. The van der Waals surface area contributed by atoms with Crippen LogP contribution in [0.15, 0.2) is 0 Å². The zero-order chi connectivity index (χ0) is 15.1. The average molecular weight is 298 g/mol. The minimum absolute atomic E-state index is 0.135. The molecule has 21 heavy (non-hydrogen) atoms. The van der Waals surface area contributed by atoms with Crippen molar-refractivity contribution in [3.05, 3.63) is 0 Å². The second kappa shape index (κ2) is 8.47. The van der Waals surface area contributed by atoms with E-state index in [4.69, 9.17) is 4.74 Å². The number of hydrogen-bond acceptors (Lipinski definition) is 4. The maximum Gasteiger partial charge on any atom is 0.0695 e. The summed E-state index contributed by atoms with van der Waals surface area (Å²) in [5.74, 6) is 0. The molecule has 0 spiro atoms. The van der Waals surface area contributed by atoms with Gasteiger partial charge in [-0.1, -0.05) is 19.8 Å². The van der Waals surface area contributed by atoms with E-state index < -0.39 is 0 Å². The van der Waals surface area contributed by atoms with Gasteiger partial charge in [0, 0.05) is 32.3 Å². The molecule has 2 aliphatic rings. The van der Waals surface area contributed by atoms with Crippen molar-refractivity contribution in [3.8, 4) is 0 Å². The Morgan fingerprint density at radius 3 is 2.62 bits per heavy atom. The van der Waals surface area contributed by atoms with Crippen molar-refractivity contribution in [1.82, 2.24) is 10.2 Å². The van der Waals surface area contributed by atoms with Crippen LogP contribution >= 0.6 is 0 Å². The summed E-state index contributed by atoms with van der Waals surface area (Å²) in [6.07, 6.45) is 7.88. The molecule has 0 amide bonds. The molecule has 1 aliphatic carbocycles. The molecule has 0 aromatic heterocycles. The summed E-state index contributed by atoms with van der Waals surface area (Å²) >= 11 is 0. The number of aliphatic hydroxyl groups is 1. The van der Waals surface area contributed by atoms with Crippen LogP contribution in [0.25, 0.3) is 0 Å². The normalized spacial score (nSPS) is 29.7. The maximum absolute atomic E-state index is 10.3. The number of hydrogen-bond donors (Lipinski definition) is 2. The van der Waals surface area contributed by atoms with Gasteiger partial charge >= 0.3 is 0 Å². The van der Waals surface area contributed by atoms with Crippen molar-refractivity contribution in [3.63, 3.8) is 0 Å². The highest BCUT2D eigenvalue weighted by molar-refractivity contribution is 4.90. The minimum Gasteiger partial charge on any atom is -0.391 e. The number of ether oxygens (including phenoxy) is 1. The number of nitrogens with one attached hydrogen (secondary N) is 1. The van der Waals surface area contributed by atoms with Gasteiger partial charge in [0.05, 0.1) is 6.10 Å². The summed E-state index contributed by atoms with van der Waals surface area (Å²) in [6.45, 7) is 7.24. The van der Waals surface area contributed by atoms with Crippen LogP contribution in [0.4, 0.5) is 0 Å².